The van der Waals surface area contributed by atoms with Crippen molar-refractivity contribution in [3.05, 3.63) is 47.8 Å². The molecule has 1 aliphatic rings. The molecule has 0 N–H and O–H groups in total. The Morgan fingerprint density at radius 1 is 1.29 bits per heavy atom. The molecule has 1 atom stereocenters. The van der Waals surface area contributed by atoms with Gasteiger partial charge in [0.15, 0.2) is 9.84 Å². The van der Waals surface area contributed by atoms with Crippen molar-refractivity contribution in [2.75, 3.05) is 12.8 Å². The van der Waals surface area contributed by atoms with Gasteiger partial charge >= 0.3 is 0 Å². The third-order valence-electron chi connectivity index (χ3n) is 4.33. The summed E-state index contributed by atoms with van der Waals surface area (Å²) in [6.07, 6.45) is 6.86. The van der Waals surface area contributed by atoms with Crippen LogP contribution in [0.2, 0.25) is 0 Å². The van der Waals surface area contributed by atoms with E-state index < -0.39 is 9.84 Å². The highest BCUT2D eigenvalue weighted by Crippen LogP contribution is 2.22. The van der Waals surface area contributed by atoms with Crippen LogP contribution in [0.25, 0.3) is 0 Å². The average Bonchev–Trinajstić information content (AvgIpc) is 3.15. The number of likely N-dealkylation sites (tertiary alicyclic amines) is 1. The fraction of sp³-hybridized carbons (Fsp3) is 0.412. The summed E-state index contributed by atoms with van der Waals surface area (Å²) in [6, 6.07) is 6.28. The van der Waals surface area contributed by atoms with Crippen molar-refractivity contribution in [1.82, 2.24) is 14.7 Å². The molecule has 0 radical (unpaired) electrons. The minimum Gasteiger partial charge on any atom is -0.334 e. The number of hydrogen-bond donors (Lipinski definition) is 0. The number of hydrogen-bond acceptors (Lipinski definition) is 4. The SMILES string of the molecule is Cc1cnn(C[C@H]2CCCN2C(=O)c2ccc(S(C)(=O)=O)cc2)c1. The number of aryl methyl sites for hydroxylation is 1. The van der Waals surface area contributed by atoms with Gasteiger partial charge in [-0.15, -0.1) is 0 Å². The lowest BCUT2D eigenvalue weighted by Crippen LogP contribution is -2.38. The van der Waals surface area contributed by atoms with Crippen molar-refractivity contribution >= 4 is 15.7 Å². The largest absolute Gasteiger partial charge is 0.334 e. The van der Waals surface area contributed by atoms with Gasteiger partial charge in [0.1, 0.15) is 0 Å². The lowest BCUT2D eigenvalue weighted by atomic mass is 10.1. The number of aromatic nitrogens is 2. The summed E-state index contributed by atoms with van der Waals surface area (Å²) in [4.78, 5) is 14.9. The van der Waals surface area contributed by atoms with E-state index in [9.17, 15) is 13.2 Å². The van der Waals surface area contributed by atoms with Gasteiger partial charge < -0.3 is 4.90 Å². The number of benzene rings is 1. The van der Waals surface area contributed by atoms with Crippen LogP contribution in [-0.2, 0) is 16.4 Å². The standard InChI is InChI=1S/C17H21N3O3S/c1-13-10-18-19(11-13)12-15-4-3-9-20(15)17(21)14-5-7-16(8-6-14)24(2,22)23/h5-8,10-11,15H,3-4,9,12H2,1-2H3/t15-/m1/s1. The van der Waals surface area contributed by atoms with Gasteiger partial charge in [-0.3, -0.25) is 9.48 Å². The van der Waals surface area contributed by atoms with Crippen LogP contribution in [0.3, 0.4) is 0 Å². The number of rotatable bonds is 4. The van der Waals surface area contributed by atoms with Gasteiger partial charge in [-0.25, -0.2) is 8.42 Å². The molecule has 0 spiro atoms. The molecule has 128 valence electrons. The normalized spacial score (nSPS) is 18.1. The van der Waals surface area contributed by atoms with Crippen molar-refractivity contribution in [3.8, 4) is 0 Å². The van der Waals surface area contributed by atoms with Crippen LogP contribution < -0.4 is 0 Å². The molecule has 2 heterocycles. The Kier molecular flexibility index (Phi) is 4.45. The number of amides is 1. The molecule has 1 saturated heterocycles. The van der Waals surface area contributed by atoms with Crippen LogP contribution in [0, 0.1) is 6.92 Å². The van der Waals surface area contributed by atoms with E-state index in [1.165, 1.54) is 12.1 Å². The molecular formula is C17H21N3O3S. The van der Waals surface area contributed by atoms with Crippen molar-refractivity contribution in [2.45, 2.75) is 37.2 Å². The molecular weight excluding hydrogens is 326 g/mol. The molecule has 0 bridgehead atoms. The quantitative estimate of drug-likeness (QED) is 0.847. The summed E-state index contributed by atoms with van der Waals surface area (Å²) >= 11 is 0. The first kappa shape index (κ1) is 16.7. The molecule has 0 aliphatic carbocycles. The van der Waals surface area contributed by atoms with Gasteiger partial charge in [-0.05, 0) is 49.6 Å². The van der Waals surface area contributed by atoms with Gasteiger partial charge in [0.25, 0.3) is 5.91 Å². The number of carbonyl (C=O) groups is 1. The van der Waals surface area contributed by atoms with E-state index in [1.54, 1.807) is 12.1 Å². The van der Waals surface area contributed by atoms with Gasteiger partial charge in [-0.2, -0.15) is 5.10 Å². The Labute approximate surface area is 142 Å². The van der Waals surface area contributed by atoms with E-state index in [0.717, 1.165) is 31.2 Å². The van der Waals surface area contributed by atoms with E-state index in [0.29, 0.717) is 12.1 Å². The molecule has 3 rings (SSSR count). The lowest BCUT2D eigenvalue weighted by Gasteiger charge is -2.25. The first-order chi connectivity index (χ1) is 11.3. The van der Waals surface area contributed by atoms with Gasteiger partial charge in [0.05, 0.1) is 23.7 Å². The fourth-order valence-corrected chi connectivity index (χ4v) is 3.72. The molecule has 0 unspecified atom stereocenters. The Bertz CT molecular complexity index is 840. The summed E-state index contributed by atoms with van der Waals surface area (Å²) < 4.78 is 24.9. The van der Waals surface area contributed by atoms with Crippen molar-refractivity contribution in [3.63, 3.8) is 0 Å². The minimum absolute atomic E-state index is 0.0542. The maximum Gasteiger partial charge on any atom is 0.254 e. The Morgan fingerprint density at radius 3 is 2.58 bits per heavy atom. The lowest BCUT2D eigenvalue weighted by molar-refractivity contribution is 0.0721. The van der Waals surface area contributed by atoms with Crippen LogP contribution in [-0.4, -0.2) is 47.8 Å². The van der Waals surface area contributed by atoms with E-state index in [-0.39, 0.29) is 16.8 Å². The second-order valence-corrected chi connectivity index (χ2v) is 8.35. The van der Waals surface area contributed by atoms with Crippen molar-refractivity contribution in [1.29, 1.82) is 0 Å². The van der Waals surface area contributed by atoms with Gasteiger partial charge in [0, 0.05) is 24.6 Å². The first-order valence-corrected chi connectivity index (χ1v) is 9.84. The van der Waals surface area contributed by atoms with Crippen LogP contribution in [0.1, 0.15) is 28.8 Å². The highest BCUT2D eigenvalue weighted by molar-refractivity contribution is 7.90. The highest BCUT2D eigenvalue weighted by atomic mass is 32.2. The zero-order valence-corrected chi connectivity index (χ0v) is 14.7. The zero-order valence-electron chi connectivity index (χ0n) is 13.8. The fourth-order valence-electron chi connectivity index (χ4n) is 3.09. The predicted molar refractivity (Wildman–Crippen MR) is 90.6 cm³/mol. The molecule has 7 heteroatoms. The number of nitrogens with zero attached hydrogens (tertiary/aromatic N) is 3. The van der Waals surface area contributed by atoms with Crippen molar-refractivity contribution in [2.24, 2.45) is 0 Å². The van der Waals surface area contributed by atoms with E-state index in [2.05, 4.69) is 5.10 Å². The smallest absolute Gasteiger partial charge is 0.254 e. The summed E-state index contributed by atoms with van der Waals surface area (Å²) in [5, 5.41) is 4.30. The molecule has 6 nitrogen and oxygen atoms in total. The van der Waals surface area contributed by atoms with Crippen molar-refractivity contribution < 1.29 is 13.2 Å². The first-order valence-electron chi connectivity index (χ1n) is 7.95. The number of sulfone groups is 1. The number of carbonyl (C=O) groups excluding carboxylic acids is 1. The third kappa shape index (κ3) is 3.51. The van der Waals surface area contributed by atoms with Crippen LogP contribution in [0.4, 0.5) is 0 Å². The van der Waals surface area contributed by atoms with E-state index in [1.807, 2.05) is 28.9 Å². The van der Waals surface area contributed by atoms with Crippen LogP contribution >= 0.6 is 0 Å². The second-order valence-electron chi connectivity index (χ2n) is 6.33. The van der Waals surface area contributed by atoms with Crippen LogP contribution in [0.5, 0.6) is 0 Å². The van der Waals surface area contributed by atoms with Gasteiger partial charge in [0.2, 0.25) is 0 Å². The van der Waals surface area contributed by atoms with Crippen LogP contribution in [0.15, 0.2) is 41.6 Å². The van der Waals surface area contributed by atoms with E-state index >= 15 is 0 Å². The average molecular weight is 347 g/mol. The maximum atomic E-state index is 12.8. The third-order valence-corrected chi connectivity index (χ3v) is 5.46. The van der Waals surface area contributed by atoms with E-state index in [4.69, 9.17) is 0 Å². The monoisotopic (exact) mass is 347 g/mol. The predicted octanol–water partition coefficient (Wildman–Crippen LogP) is 1.90. The molecule has 24 heavy (non-hydrogen) atoms. The summed E-state index contributed by atoms with van der Waals surface area (Å²) in [7, 11) is -3.25. The second kappa shape index (κ2) is 6.39. The summed E-state index contributed by atoms with van der Waals surface area (Å²) in [5.74, 6) is -0.0542. The molecule has 2 aromatic rings. The minimum atomic E-state index is -3.25. The Morgan fingerprint density at radius 2 is 2.00 bits per heavy atom. The maximum absolute atomic E-state index is 12.8. The summed E-state index contributed by atoms with van der Waals surface area (Å²) in [6.45, 7) is 3.39. The highest BCUT2D eigenvalue weighted by Gasteiger charge is 2.29. The molecule has 1 aliphatic heterocycles. The molecule has 1 aromatic carbocycles. The Balaban J connectivity index is 1.75. The topological polar surface area (TPSA) is 72.3 Å². The molecule has 1 aromatic heterocycles. The Hall–Kier alpha value is -2.15. The zero-order chi connectivity index (χ0) is 17.3. The summed E-state index contributed by atoms with van der Waals surface area (Å²) in [5.41, 5.74) is 1.62. The molecule has 1 fully saturated rings. The van der Waals surface area contributed by atoms with Gasteiger partial charge in [-0.1, -0.05) is 0 Å². The molecule has 1 amide bonds. The molecule has 0 saturated carbocycles.